The molecule has 0 spiro atoms. The van der Waals surface area contributed by atoms with E-state index in [0.717, 1.165) is 4.52 Å². The van der Waals surface area contributed by atoms with Crippen LogP contribution in [-0.4, -0.2) is 59.4 Å². The Hall–Kier alpha value is -1.33. The molecule has 3 heterocycles. The summed E-state index contributed by atoms with van der Waals surface area (Å²) in [5, 5.41) is 32.6. The van der Waals surface area contributed by atoms with Crippen molar-refractivity contribution in [1.29, 1.82) is 0 Å². The van der Waals surface area contributed by atoms with E-state index in [1.807, 2.05) is 0 Å². The Morgan fingerprint density at radius 3 is 2.80 bits per heavy atom. The quantitative estimate of drug-likeness (QED) is 0.590. The molecule has 0 amide bonds. The van der Waals surface area contributed by atoms with Gasteiger partial charge in [0, 0.05) is 0 Å². The van der Waals surface area contributed by atoms with E-state index in [1.54, 1.807) is 0 Å². The number of halogens is 1. The third kappa shape index (κ3) is 1.88. The highest BCUT2D eigenvalue weighted by atomic mass is 79.9. The average molecular weight is 347 g/mol. The second-order valence-corrected chi connectivity index (χ2v) is 5.24. The third-order valence-electron chi connectivity index (χ3n) is 3.19. The highest BCUT2D eigenvalue weighted by Crippen LogP contribution is 2.29. The number of aliphatic hydroxyl groups is 3. The molecular formula is C10H11BrN4O5. The summed E-state index contributed by atoms with van der Waals surface area (Å²) in [7, 11) is 0. The van der Waals surface area contributed by atoms with Crippen LogP contribution in [0.5, 0.6) is 0 Å². The summed E-state index contributed by atoms with van der Waals surface area (Å²) in [5.41, 5.74) is -0.402. The minimum atomic E-state index is -1.26. The second kappa shape index (κ2) is 4.90. The fraction of sp³-hybridized carbons (Fsp3) is 0.500. The fourth-order valence-corrected chi connectivity index (χ4v) is 2.42. The number of aliphatic hydroxyl groups excluding tert-OH is 3. The summed E-state index contributed by atoms with van der Waals surface area (Å²) in [6.45, 7) is -0.430. The first-order valence-electron chi connectivity index (χ1n) is 5.77. The number of nitrogens with zero attached hydrogens (tertiary/aromatic N) is 4. The van der Waals surface area contributed by atoms with E-state index in [2.05, 4.69) is 26.0 Å². The second-order valence-electron chi connectivity index (χ2n) is 4.39. The van der Waals surface area contributed by atoms with Gasteiger partial charge in [-0.05, 0) is 15.9 Å². The first-order chi connectivity index (χ1) is 9.54. The van der Waals surface area contributed by atoms with Gasteiger partial charge in [-0.1, -0.05) is 0 Å². The maximum atomic E-state index is 11.8. The molecule has 0 saturated carbocycles. The molecule has 1 aliphatic heterocycles. The van der Waals surface area contributed by atoms with E-state index < -0.39 is 36.7 Å². The van der Waals surface area contributed by atoms with Gasteiger partial charge in [0.15, 0.2) is 6.23 Å². The summed E-state index contributed by atoms with van der Waals surface area (Å²) in [4.78, 5) is 15.9. The molecule has 0 radical (unpaired) electrons. The normalized spacial score (nSPS) is 30.2. The Kier molecular flexibility index (Phi) is 3.34. The Bertz CT molecular complexity index is 701. The lowest BCUT2D eigenvalue weighted by Gasteiger charge is -2.15. The van der Waals surface area contributed by atoms with E-state index in [1.165, 1.54) is 17.1 Å². The van der Waals surface area contributed by atoms with Crippen molar-refractivity contribution in [3.8, 4) is 0 Å². The van der Waals surface area contributed by atoms with Crippen molar-refractivity contribution >= 4 is 21.7 Å². The van der Waals surface area contributed by atoms with Crippen LogP contribution in [0, 0.1) is 0 Å². The summed E-state index contributed by atoms with van der Waals surface area (Å²) in [5.74, 6) is 0.160. The summed E-state index contributed by atoms with van der Waals surface area (Å²) >= 11 is 3.05. The molecule has 1 saturated heterocycles. The lowest BCUT2D eigenvalue weighted by atomic mass is 10.1. The number of rotatable bonds is 2. The van der Waals surface area contributed by atoms with Gasteiger partial charge in [0.1, 0.15) is 29.1 Å². The van der Waals surface area contributed by atoms with Crippen LogP contribution < -0.4 is 5.56 Å². The first kappa shape index (κ1) is 13.6. The molecule has 3 N–H and O–H groups in total. The number of fused-ring (bicyclic) bond motifs is 1. The zero-order valence-electron chi connectivity index (χ0n) is 10.00. The number of hydrogen-bond donors (Lipinski definition) is 3. The molecule has 1 aliphatic rings. The molecule has 2 aromatic heterocycles. The monoisotopic (exact) mass is 346 g/mol. The van der Waals surface area contributed by atoms with E-state index in [4.69, 9.17) is 9.84 Å². The topological polar surface area (TPSA) is 122 Å². The van der Waals surface area contributed by atoms with Crippen LogP contribution in [0.25, 0.3) is 5.78 Å². The summed E-state index contributed by atoms with van der Waals surface area (Å²) in [6.07, 6.45) is -1.78. The Labute approximate surface area is 120 Å². The Morgan fingerprint density at radius 2 is 2.15 bits per heavy atom. The standard InChI is InChI=1S/C10H11BrN4O5/c11-4-1-12-10-14(3-13-15(10)8(4)19)9-7(18)6(17)5(2-16)20-9/h1,3,5-7,9,16-18H,2H2/t5-,6-,7-,9-/m1/s1. The summed E-state index contributed by atoms with van der Waals surface area (Å²) in [6, 6.07) is 0. The lowest BCUT2D eigenvalue weighted by molar-refractivity contribution is -0.0512. The van der Waals surface area contributed by atoms with Crippen LogP contribution in [0.4, 0.5) is 0 Å². The van der Waals surface area contributed by atoms with Gasteiger partial charge < -0.3 is 20.1 Å². The Balaban J connectivity index is 2.08. The number of aromatic nitrogens is 4. The largest absolute Gasteiger partial charge is 0.394 e. The van der Waals surface area contributed by atoms with Crippen LogP contribution in [0.1, 0.15) is 6.23 Å². The van der Waals surface area contributed by atoms with Gasteiger partial charge >= 0.3 is 0 Å². The molecule has 0 aliphatic carbocycles. The third-order valence-corrected chi connectivity index (χ3v) is 3.74. The molecule has 2 aromatic rings. The zero-order valence-corrected chi connectivity index (χ0v) is 11.6. The van der Waals surface area contributed by atoms with Gasteiger partial charge in [-0.3, -0.25) is 9.36 Å². The fourth-order valence-electron chi connectivity index (χ4n) is 2.14. The van der Waals surface area contributed by atoms with Crippen molar-refractivity contribution in [2.75, 3.05) is 6.61 Å². The molecule has 10 heteroatoms. The molecule has 1 fully saturated rings. The first-order valence-corrected chi connectivity index (χ1v) is 6.56. The van der Waals surface area contributed by atoms with E-state index in [-0.39, 0.29) is 10.3 Å². The van der Waals surface area contributed by atoms with Crippen LogP contribution in [0.15, 0.2) is 21.8 Å². The molecule has 9 nitrogen and oxygen atoms in total. The van der Waals surface area contributed by atoms with Crippen molar-refractivity contribution < 1.29 is 20.1 Å². The van der Waals surface area contributed by atoms with Crippen LogP contribution in [-0.2, 0) is 4.74 Å². The van der Waals surface area contributed by atoms with E-state index >= 15 is 0 Å². The lowest BCUT2D eigenvalue weighted by Crippen LogP contribution is -2.33. The van der Waals surface area contributed by atoms with Gasteiger partial charge in [0.2, 0.25) is 5.78 Å². The highest BCUT2D eigenvalue weighted by Gasteiger charge is 2.44. The number of ether oxygens (including phenoxy) is 1. The summed E-state index contributed by atoms with van der Waals surface area (Å²) < 4.78 is 7.99. The van der Waals surface area contributed by atoms with Crippen molar-refractivity contribution in [3.63, 3.8) is 0 Å². The van der Waals surface area contributed by atoms with Gasteiger partial charge in [-0.15, -0.1) is 0 Å². The van der Waals surface area contributed by atoms with Gasteiger partial charge in [-0.25, -0.2) is 4.98 Å². The smallest absolute Gasteiger partial charge is 0.290 e. The molecule has 0 bridgehead atoms. The molecule has 0 unspecified atom stereocenters. The molecular weight excluding hydrogens is 336 g/mol. The predicted molar refractivity (Wildman–Crippen MR) is 68.0 cm³/mol. The minimum Gasteiger partial charge on any atom is -0.394 e. The number of hydrogen-bond acceptors (Lipinski definition) is 7. The molecule has 3 rings (SSSR count). The zero-order chi connectivity index (χ0) is 14.4. The average Bonchev–Trinajstić information content (AvgIpc) is 2.98. The van der Waals surface area contributed by atoms with Crippen molar-refractivity contribution in [1.82, 2.24) is 19.2 Å². The van der Waals surface area contributed by atoms with Crippen LogP contribution >= 0.6 is 15.9 Å². The molecule has 20 heavy (non-hydrogen) atoms. The molecule has 108 valence electrons. The highest BCUT2D eigenvalue weighted by molar-refractivity contribution is 9.10. The van der Waals surface area contributed by atoms with Gasteiger partial charge in [0.05, 0.1) is 12.8 Å². The van der Waals surface area contributed by atoms with Gasteiger partial charge in [-0.2, -0.15) is 9.61 Å². The van der Waals surface area contributed by atoms with E-state index in [0.29, 0.717) is 0 Å². The maximum absolute atomic E-state index is 11.8. The molecule has 4 atom stereocenters. The minimum absolute atomic E-state index is 0.160. The van der Waals surface area contributed by atoms with Crippen LogP contribution in [0.2, 0.25) is 0 Å². The van der Waals surface area contributed by atoms with Crippen molar-refractivity contribution in [2.24, 2.45) is 0 Å². The maximum Gasteiger partial charge on any atom is 0.290 e. The Morgan fingerprint density at radius 1 is 1.40 bits per heavy atom. The molecule has 0 aromatic carbocycles. The van der Waals surface area contributed by atoms with Crippen molar-refractivity contribution in [2.45, 2.75) is 24.5 Å². The predicted octanol–water partition coefficient (Wildman–Crippen LogP) is -1.74. The van der Waals surface area contributed by atoms with Gasteiger partial charge in [0.25, 0.3) is 5.56 Å². The van der Waals surface area contributed by atoms with Crippen LogP contribution in [0.3, 0.4) is 0 Å². The van der Waals surface area contributed by atoms with E-state index in [9.17, 15) is 15.0 Å². The van der Waals surface area contributed by atoms with Crippen molar-refractivity contribution in [3.05, 3.63) is 27.4 Å². The SMILES string of the molecule is O=c1c(Br)cnc2n([C@@H]3O[C@H](CO)[C@@H](O)[C@H]3O)cnn12.